The normalized spacial score (nSPS) is 11.0. The third kappa shape index (κ3) is 4.19. The largest absolute Gasteiger partial charge is 0.237 e. The molecule has 1 heterocycles. The van der Waals surface area contributed by atoms with Crippen LogP contribution in [0.25, 0.3) is 0 Å². The van der Waals surface area contributed by atoms with Crippen LogP contribution in [0.15, 0.2) is 30.3 Å². The molecule has 100 valence electrons. The summed E-state index contributed by atoms with van der Waals surface area (Å²) in [5.74, 6) is 1.26. The Morgan fingerprint density at radius 1 is 1.11 bits per heavy atom. The Balaban J connectivity index is 2.25. The summed E-state index contributed by atoms with van der Waals surface area (Å²) in [6.45, 7) is 4.31. The molecular formula is C15H16Cl2N2. The molecule has 0 N–H and O–H groups in total. The van der Waals surface area contributed by atoms with Gasteiger partial charge in [0.05, 0.1) is 0 Å². The van der Waals surface area contributed by atoms with Crippen LogP contribution in [0.3, 0.4) is 0 Å². The molecule has 2 rings (SSSR count). The van der Waals surface area contributed by atoms with E-state index in [1.54, 1.807) is 0 Å². The first-order chi connectivity index (χ1) is 9.04. The molecule has 0 saturated carbocycles. The topological polar surface area (TPSA) is 25.8 Å². The van der Waals surface area contributed by atoms with Gasteiger partial charge in [-0.1, -0.05) is 55.2 Å². The van der Waals surface area contributed by atoms with E-state index in [1.807, 2.05) is 30.3 Å². The van der Waals surface area contributed by atoms with E-state index in [1.165, 1.54) is 0 Å². The number of hydrogen-bond acceptors (Lipinski definition) is 2. The zero-order chi connectivity index (χ0) is 13.8. The van der Waals surface area contributed by atoms with Crippen molar-refractivity contribution in [3.8, 4) is 0 Å². The molecule has 19 heavy (non-hydrogen) atoms. The fourth-order valence-electron chi connectivity index (χ4n) is 1.93. The van der Waals surface area contributed by atoms with Crippen LogP contribution in [0.4, 0.5) is 0 Å². The van der Waals surface area contributed by atoms with Crippen LogP contribution in [0.5, 0.6) is 0 Å². The minimum Gasteiger partial charge on any atom is -0.237 e. The van der Waals surface area contributed by atoms with Crippen LogP contribution in [-0.2, 0) is 12.8 Å². The second-order valence-electron chi connectivity index (χ2n) is 4.96. The van der Waals surface area contributed by atoms with E-state index in [4.69, 9.17) is 23.2 Å². The second kappa shape index (κ2) is 6.36. The van der Waals surface area contributed by atoms with E-state index in [-0.39, 0.29) is 0 Å². The zero-order valence-corrected chi connectivity index (χ0v) is 12.5. The molecule has 0 atom stereocenters. The molecule has 4 heteroatoms. The highest BCUT2D eigenvalue weighted by molar-refractivity contribution is 6.31. The van der Waals surface area contributed by atoms with Crippen molar-refractivity contribution in [2.24, 2.45) is 5.92 Å². The molecule has 0 aliphatic heterocycles. The van der Waals surface area contributed by atoms with Crippen molar-refractivity contribution in [3.05, 3.63) is 57.6 Å². The summed E-state index contributed by atoms with van der Waals surface area (Å²) in [6.07, 6.45) is 1.50. The summed E-state index contributed by atoms with van der Waals surface area (Å²) >= 11 is 12.2. The van der Waals surface area contributed by atoms with Gasteiger partial charge in [0.2, 0.25) is 0 Å². The maximum atomic E-state index is 6.15. The summed E-state index contributed by atoms with van der Waals surface area (Å²) in [6, 6.07) is 9.55. The minimum absolute atomic E-state index is 0.493. The molecule has 1 aromatic carbocycles. The molecule has 0 unspecified atom stereocenters. The zero-order valence-electron chi connectivity index (χ0n) is 11.0. The second-order valence-corrected chi connectivity index (χ2v) is 5.76. The molecular weight excluding hydrogens is 279 g/mol. The first kappa shape index (κ1) is 14.3. The van der Waals surface area contributed by atoms with Crippen molar-refractivity contribution < 1.29 is 0 Å². The van der Waals surface area contributed by atoms with Crippen molar-refractivity contribution in [1.82, 2.24) is 9.97 Å². The van der Waals surface area contributed by atoms with Crippen LogP contribution >= 0.6 is 23.2 Å². The van der Waals surface area contributed by atoms with Crippen LogP contribution in [0.1, 0.15) is 30.9 Å². The Morgan fingerprint density at radius 3 is 2.53 bits per heavy atom. The lowest BCUT2D eigenvalue weighted by Crippen LogP contribution is -2.04. The predicted molar refractivity (Wildman–Crippen MR) is 79.8 cm³/mol. The number of rotatable bonds is 4. The Bertz CT molecular complexity index is 568. The van der Waals surface area contributed by atoms with Gasteiger partial charge in [0.15, 0.2) is 0 Å². The summed E-state index contributed by atoms with van der Waals surface area (Å²) in [5.41, 5.74) is 2.00. The monoisotopic (exact) mass is 294 g/mol. The van der Waals surface area contributed by atoms with Crippen LogP contribution in [0.2, 0.25) is 10.2 Å². The lowest BCUT2D eigenvalue weighted by atomic mass is 10.1. The van der Waals surface area contributed by atoms with E-state index in [2.05, 4.69) is 23.8 Å². The molecule has 0 aliphatic carbocycles. The molecule has 0 aliphatic rings. The maximum Gasteiger partial charge on any atom is 0.134 e. The summed E-state index contributed by atoms with van der Waals surface area (Å²) in [5, 5.41) is 1.23. The van der Waals surface area contributed by atoms with E-state index in [0.29, 0.717) is 17.5 Å². The molecule has 0 fully saturated rings. The Kier molecular flexibility index (Phi) is 4.78. The first-order valence-corrected chi connectivity index (χ1v) is 7.06. The van der Waals surface area contributed by atoms with Gasteiger partial charge < -0.3 is 0 Å². The lowest BCUT2D eigenvalue weighted by Gasteiger charge is -2.08. The Labute approximate surface area is 123 Å². The fourth-order valence-corrected chi connectivity index (χ4v) is 2.36. The smallest absolute Gasteiger partial charge is 0.134 e. The van der Waals surface area contributed by atoms with E-state index >= 15 is 0 Å². The standard InChI is InChI=1S/C15H16Cl2N2/c1-10(2)7-12-9-14(17)19-15(18-12)8-11-5-3-4-6-13(11)16/h3-6,9-10H,7-8H2,1-2H3. The van der Waals surface area contributed by atoms with Gasteiger partial charge in [0, 0.05) is 17.1 Å². The van der Waals surface area contributed by atoms with Gasteiger partial charge in [-0.25, -0.2) is 9.97 Å². The highest BCUT2D eigenvalue weighted by atomic mass is 35.5. The van der Waals surface area contributed by atoms with Crippen molar-refractivity contribution in [2.75, 3.05) is 0 Å². The van der Waals surface area contributed by atoms with Crippen molar-refractivity contribution in [2.45, 2.75) is 26.7 Å². The van der Waals surface area contributed by atoms with E-state index in [9.17, 15) is 0 Å². The molecule has 0 spiro atoms. The number of nitrogens with zero attached hydrogens (tertiary/aromatic N) is 2. The van der Waals surface area contributed by atoms with Crippen LogP contribution in [0, 0.1) is 5.92 Å². The number of benzene rings is 1. The van der Waals surface area contributed by atoms with Crippen LogP contribution in [-0.4, -0.2) is 9.97 Å². The van der Waals surface area contributed by atoms with Gasteiger partial charge in [0.1, 0.15) is 11.0 Å². The van der Waals surface area contributed by atoms with Gasteiger partial charge >= 0.3 is 0 Å². The van der Waals surface area contributed by atoms with Crippen molar-refractivity contribution in [3.63, 3.8) is 0 Å². The Morgan fingerprint density at radius 2 is 1.84 bits per heavy atom. The molecule has 1 aromatic heterocycles. The fraction of sp³-hybridized carbons (Fsp3) is 0.333. The highest BCUT2D eigenvalue weighted by Gasteiger charge is 2.08. The van der Waals surface area contributed by atoms with Gasteiger partial charge in [-0.2, -0.15) is 0 Å². The maximum absolute atomic E-state index is 6.15. The van der Waals surface area contributed by atoms with E-state index < -0.39 is 0 Å². The predicted octanol–water partition coefficient (Wildman–Crippen LogP) is 4.57. The quantitative estimate of drug-likeness (QED) is 0.772. The average molecular weight is 295 g/mol. The number of halogens is 2. The average Bonchev–Trinajstić information content (AvgIpc) is 2.30. The van der Waals surface area contributed by atoms with Gasteiger partial charge in [-0.05, 0) is 30.0 Å². The lowest BCUT2D eigenvalue weighted by molar-refractivity contribution is 0.631. The van der Waals surface area contributed by atoms with Gasteiger partial charge in [-0.15, -0.1) is 0 Å². The highest BCUT2D eigenvalue weighted by Crippen LogP contribution is 2.19. The third-order valence-corrected chi connectivity index (χ3v) is 3.28. The molecule has 0 saturated heterocycles. The molecule has 0 bridgehead atoms. The summed E-state index contributed by atoms with van der Waals surface area (Å²) < 4.78 is 0. The molecule has 2 aromatic rings. The van der Waals surface area contributed by atoms with Crippen molar-refractivity contribution >= 4 is 23.2 Å². The van der Waals surface area contributed by atoms with Crippen molar-refractivity contribution in [1.29, 1.82) is 0 Å². The summed E-state index contributed by atoms with van der Waals surface area (Å²) in [4.78, 5) is 8.83. The van der Waals surface area contributed by atoms with Gasteiger partial charge in [-0.3, -0.25) is 0 Å². The SMILES string of the molecule is CC(C)Cc1cc(Cl)nc(Cc2ccccc2Cl)n1. The van der Waals surface area contributed by atoms with E-state index in [0.717, 1.165) is 28.5 Å². The number of aromatic nitrogens is 2. The summed E-state index contributed by atoms with van der Waals surface area (Å²) in [7, 11) is 0. The molecule has 0 radical (unpaired) electrons. The molecule has 0 amide bonds. The Hall–Kier alpha value is -1.12. The number of hydrogen-bond donors (Lipinski definition) is 0. The minimum atomic E-state index is 0.493. The first-order valence-electron chi connectivity index (χ1n) is 6.30. The van der Waals surface area contributed by atoms with Gasteiger partial charge in [0.25, 0.3) is 0 Å². The van der Waals surface area contributed by atoms with Crippen LogP contribution < -0.4 is 0 Å². The molecule has 2 nitrogen and oxygen atoms in total. The third-order valence-electron chi connectivity index (χ3n) is 2.72.